The monoisotopic (exact) mass is 213 g/mol. The molecule has 1 aromatic rings. The third kappa shape index (κ3) is 1.79. The molecule has 0 saturated heterocycles. The molecule has 78 valence electrons. The summed E-state index contributed by atoms with van der Waals surface area (Å²) in [7, 11) is 1.93. The van der Waals surface area contributed by atoms with E-state index in [4.69, 9.17) is 17.3 Å². The van der Waals surface area contributed by atoms with Crippen molar-refractivity contribution in [1.82, 2.24) is 9.78 Å². The van der Waals surface area contributed by atoms with Crippen molar-refractivity contribution in [2.45, 2.75) is 38.1 Å². The molecule has 1 aromatic heterocycles. The van der Waals surface area contributed by atoms with Crippen LogP contribution < -0.4 is 5.73 Å². The lowest BCUT2D eigenvalue weighted by Crippen LogP contribution is -2.22. The third-order valence-corrected chi connectivity index (χ3v) is 3.51. The van der Waals surface area contributed by atoms with Gasteiger partial charge < -0.3 is 5.73 Å². The number of hydrogen-bond acceptors (Lipinski definition) is 2. The standard InChI is InChI=1S/C10H16ClN3/c1-7-9(11)8(14(2)13-7)3-4-10(12)5-6-10/h3-6,12H2,1-2H3. The molecule has 2 N–H and O–H groups in total. The first-order valence-electron chi connectivity index (χ1n) is 4.99. The molecule has 0 amide bonds. The first-order valence-corrected chi connectivity index (χ1v) is 5.36. The normalized spacial score (nSPS) is 18.6. The number of nitrogens with zero attached hydrogens (tertiary/aromatic N) is 2. The first kappa shape index (κ1) is 9.99. The Morgan fingerprint density at radius 1 is 1.57 bits per heavy atom. The zero-order valence-corrected chi connectivity index (χ0v) is 9.43. The third-order valence-electron chi connectivity index (χ3n) is 3.01. The lowest BCUT2D eigenvalue weighted by Gasteiger charge is -2.08. The number of aryl methyl sites for hydroxylation is 2. The van der Waals surface area contributed by atoms with Crippen molar-refractivity contribution in [3.05, 3.63) is 16.4 Å². The van der Waals surface area contributed by atoms with E-state index in [0.717, 1.165) is 42.1 Å². The van der Waals surface area contributed by atoms with Gasteiger partial charge in [-0.25, -0.2) is 0 Å². The second-order valence-corrected chi connectivity index (χ2v) is 4.71. The van der Waals surface area contributed by atoms with Crippen LogP contribution in [0.25, 0.3) is 0 Å². The van der Waals surface area contributed by atoms with Gasteiger partial charge in [-0.05, 0) is 32.6 Å². The quantitative estimate of drug-likeness (QED) is 0.832. The van der Waals surface area contributed by atoms with Gasteiger partial charge in [0.25, 0.3) is 0 Å². The molecule has 1 aliphatic carbocycles. The van der Waals surface area contributed by atoms with Crippen LogP contribution in [0.15, 0.2) is 0 Å². The first-order chi connectivity index (χ1) is 6.52. The zero-order valence-electron chi connectivity index (χ0n) is 8.68. The second-order valence-electron chi connectivity index (χ2n) is 4.33. The summed E-state index contributed by atoms with van der Waals surface area (Å²) in [6, 6.07) is 0. The SMILES string of the molecule is Cc1nn(C)c(CCC2(N)CC2)c1Cl. The van der Waals surface area contributed by atoms with Gasteiger partial charge in [-0.3, -0.25) is 4.68 Å². The minimum absolute atomic E-state index is 0.0987. The minimum Gasteiger partial charge on any atom is -0.325 e. The van der Waals surface area contributed by atoms with Gasteiger partial charge in [0.1, 0.15) is 0 Å². The van der Waals surface area contributed by atoms with E-state index in [2.05, 4.69) is 5.10 Å². The Labute approximate surface area is 89.2 Å². The van der Waals surface area contributed by atoms with Gasteiger partial charge in [-0.2, -0.15) is 5.10 Å². The van der Waals surface area contributed by atoms with E-state index in [1.54, 1.807) is 0 Å². The summed E-state index contributed by atoms with van der Waals surface area (Å²) in [5.74, 6) is 0. The summed E-state index contributed by atoms with van der Waals surface area (Å²) in [5, 5.41) is 5.08. The average Bonchev–Trinajstić information content (AvgIpc) is 2.78. The Morgan fingerprint density at radius 3 is 2.64 bits per heavy atom. The van der Waals surface area contributed by atoms with Gasteiger partial charge >= 0.3 is 0 Å². The topological polar surface area (TPSA) is 43.8 Å². The van der Waals surface area contributed by atoms with Crippen molar-refractivity contribution in [2.75, 3.05) is 0 Å². The highest BCUT2D eigenvalue weighted by Crippen LogP contribution is 2.37. The molecule has 4 heteroatoms. The van der Waals surface area contributed by atoms with Gasteiger partial charge in [-0.15, -0.1) is 0 Å². The van der Waals surface area contributed by atoms with Crippen molar-refractivity contribution in [3.8, 4) is 0 Å². The number of aromatic nitrogens is 2. The van der Waals surface area contributed by atoms with Gasteiger partial charge in [0.05, 0.1) is 16.4 Å². The molecule has 3 nitrogen and oxygen atoms in total. The van der Waals surface area contributed by atoms with Crippen LogP contribution >= 0.6 is 11.6 Å². The van der Waals surface area contributed by atoms with Crippen molar-refractivity contribution in [3.63, 3.8) is 0 Å². The molecule has 0 radical (unpaired) electrons. The van der Waals surface area contributed by atoms with Crippen LogP contribution in [0.1, 0.15) is 30.7 Å². The molecule has 14 heavy (non-hydrogen) atoms. The summed E-state index contributed by atoms with van der Waals surface area (Å²) in [6.07, 6.45) is 4.27. The summed E-state index contributed by atoms with van der Waals surface area (Å²) < 4.78 is 1.86. The molecular formula is C10H16ClN3. The molecule has 0 spiro atoms. The molecular weight excluding hydrogens is 198 g/mol. The Morgan fingerprint density at radius 2 is 2.21 bits per heavy atom. The summed E-state index contributed by atoms with van der Waals surface area (Å²) in [5.41, 5.74) is 8.15. The fourth-order valence-corrected chi connectivity index (χ4v) is 1.98. The van der Waals surface area contributed by atoms with Crippen LogP contribution in [0.2, 0.25) is 5.02 Å². The maximum absolute atomic E-state index is 6.14. The Balaban J connectivity index is 2.08. The van der Waals surface area contributed by atoms with Crippen LogP contribution in [0.4, 0.5) is 0 Å². The molecule has 0 aromatic carbocycles. The zero-order chi connectivity index (χ0) is 10.3. The highest BCUT2D eigenvalue weighted by atomic mass is 35.5. The van der Waals surface area contributed by atoms with E-state index in [9.17, 15) is 0 Å². The fraction of sp³-hybridized carbons (Fsp3) is 0.700. The molecule has 0 bridgehead atoms. The number of halogens is 1. The van der Waals surface area contributed by atoms with Crippen molar-refractivity contribution in [1.29, 1.82) is 0 Å². The maximum atomic E-state index is 6.14. The molecule has 0 aliphatic heterocycles. The maximum Gasteiger partial charge on any atom is 0.0846 e. The molecule has 1 heterocycles. The lowest BCUT2D eigenvalue weighted by molar-refractivity contribution is 0.583. The Hall–Kier alpha value is -0.540. The molecule has 0 atom stereocenters. The summed E-state index contributed by atoms with van der Waals surface area (Å²) in [6.45, 7) is 1.93. The van der Waals surface area contributed by atoms with Crippen LogP contribution in [0, 0.1) is 6.92 Å². The van der Waals surface area contributed by atoms with Crippen LogP contribution in [-0.4, -0.2) is 15.3 Å². The van der Waals surface area contributed by atoms with E-state index in [1.807, 2.05) is 18.7 Å². The van der Waals surface area contributed by atoms with Gasteiger partial charge in [0, 0.05) is 12.6 Å². The van der Waals surface area contributed by atoms with E-state index in [-0.39, 0.29) is 5.54 Å². The van der Waals surface area contributed by atoms with Crippen LogP contribution in [-0.2, 0) is 13.5 Å². The minimum atomic E-state index is 0.0987. The van der Waals surface area contributed by atoms with Crippen molar-refractivity contribution in [2.24, 2.45) is 12.8 Å². The largest absolute Gasteiger partial charge is 0.325 e. The predicted octanol–water partition coefficient (Wildman–Crippen LogP) is 1.81. The number of nitrogens with two attached hydrogens (primary N) is 1. The molecule has 1 aliphatic rings. The smallest absolute Gasteiger partial charge is 0.0846 e. The summed E-state index contributed by atoms with van der Waals surface area (Å²) in [4.78, 5) is 0. The lowest BCUT2D eigenvalue weighted by atomic mass is 10.1. The number of rotatable bonds is 3. The van der Waals surface area contributed by atoms with Crippen LogP contribution in [0.5, 0.6) is 0 Å². The molecule has 1 saturated carbocycles. The van der Waals surface area contributed by atoms with Crippen molar-refractivity contribution < 1.29 is 0 Å². The van der Waals surface area contributed by atoms with Gasteiger partial charge in [0.2, 0.25) is 0 Å². The highest BCUT2D eigenvalue weighted by molar-refractivity contribution is 6.31. The molecule has 2 rings (SSSR count). The Kier molecular flexibility index (Phi) is 2.32. The Bertz CT molecular complexity index is 352. The van der Waals surface area contributed by atoms with E-state index < -0.39 is 0 Å². The van der Waals surface area contributed by atoms with Crippen LogP contribution in [0.3, 0.4) is 0 Å². The van der Waals surface area contributed by atoms with Gasteiger partial charge in [-0.1, -0.05) is 11.6 Å². The predicted molar refractivity (Wildman–Crippen MR) is 57.4 cm³/mol. The fourth-order valence-electron chi connectivity index (χ4n) is 1.73. The molecule has 0 unspecified atom stereocenters. The van der Waals surface area contributed by atoms with E-state index >= 15 is 0 Å². The summed E-state index contributed by atoms with van der Waals surface area (Å²) >= 11 is 6.14. The highest BCUT2D eigenvalue weighted by Gasteiger charge is 2.37. The average molecular weight is 214 g/mol. The number of hydrogen-bond donors (Lipinski definition) is 1. The van der Waals surface area contributed by atoms with E-state index in [1.165, 1.54) is 0 Å². The van der Waals surface area contributed by atoms with Gasteiger partial charge in [0.15, 0.2) is 0 Å². The van der Waals surface area contributed by atoms with E-state index in [0.29, 0.717) is 0 Å². The van der Waals surface area contributed by atoms with Crippen molar-refractivity contribution >= 4 is 11.6 Å². The second kappa shape index (κ2) is 3.24. The molecule has 1 fully saturated rings.